The second-order valence-corrected chi connectivity index (χ2v) is 2.75. The van der Waals surface area contributed by atoms with Crippen LogP contribution in [0.15, 0.2) is 0 Å². The molecule has 1 saturated heterocycles. The number of aldehydes is 1. The first-order valence-corrected chi connectivity index (χ1v) is 3.63. The maximum Gasteiger partial charge on any atom is 0.307 e. The van der Waals surface area contributed by atoms with Gasteiger partial charge in [0.1, 0.15) is 6.29 Å². The number of likely N-dealkylation sites (tertiary alicyclic amines) is 1. The highest BCUT2D eigenvalue weighted by atomic mass is 16.4. The van der Waals surface area contributed by atoms with E-state index in [4.69, 9.17) is 5.11 Å². The number of hydrogen-bond acceptors (Lipinski definition) is 3. The number of rotatable bonds is 3. The van der Waals surface area contributed by atoms with Crippen LogP contribution in [0.1, 0.15) is 6.42 Å². The number of nitrogens with zero attached hydrogens (tertiary/aromatic N) is 1. The van der Waals surface area contributed by atoms with Gasteiger partial charge in [0.2, 0.25) is 0 Å². The monoisotopic (exact) mass is 157 g/mol. The summed E-state index contributed by atoms with van der Waals surface area (Å²) < 4.78 is 0. The number of carboxylic acid groups (broad SMARTS) is 1. The lowest BCUT2D eigenvalue weighted by Crippen LogP contribution is -2.24. The fraction of sp³-hybridized carbons (Fsp3) is 0.714. The maximum absolute atomic E-state index is 10.4. The van der Waals surface area contributed by atoms with E-state index in [0.717, 1.165) is 12.8 Å². The Morgan fingerprint density at radius 2 is 2.45 bits per heavy atom. The van der Waals surface area contributed by atoms with Gasteiger partial charge >= 0.3 is 5.97 Å². The van der Waals surface area contributed by atoms with Crippen molar-refractivity contribution in [2.75, 3.05) is 19.6 Å². The number of carbonyl (C=O) groups is 2. The molecule has 0 aromatic heterocycles. The normalized spacial score (nSPS) is 25.3. The van der Waals surface area contributed by atoms with Crippen LogP contribution in [0.25, 0.3) is 0 Å². The van der Waals surface area contributed by atoms with E-state index < -0.39 is 5.97 Å². The first-order valence-electron chi connectivity index (χ1n) is 3.63. The lowest BCUT2D eigenvalue weighted by molar-refractivity contribution is -0.141. The van der Waals surface area contributed by atoms with Crippen molar-refractivity contribution >= 4 is 12.3 Å². The Balaban J connectivity index is 2.34. The summed E-state index contributed by atoms with van der Waals surface area (Å²) in [6.07, 6.45) is 1.48. The molecule has 0 saturated carbocycles. The first-order chi connectivity index (χ1) is 5.24. The Morgan fingerprint density at radius 1 is 1.73 bits per heavy atom. The molecule has 0 spiro atoms. The van der Waals surface area contributed by atoms with Crippen LogP contribution in [0.4, 0.5) is 0 Å². The van der Waals surface area contributed by atoms with Crippen LogP contribution in [-0.2, 0) is 9.59 Å². The summed E-state index contributed by atoms with van der Waals surface area (Å²) >= 11 is 0. The number of aliphatic carboxylic acids is 1. The van der Waals surface area contributed by atoms with Gasteiger partial charge in [0.25, 0.3) is 0 Å². The van der Waals surface area contributed by atoms with Gasteiger partial charge in [0.15, 0.2) is 0 Å². The second kappa shape index (κ2) is 3.48. The van der Waals surface area contributed by atoms with Crippen molar-refractivity contribution in [1.29, 1.82) is 0 Å². The molecule has 4 nitrogen and oxygen atoms in total. The Bertz CT molecular complexity index is 169. The molecule has 0 aromatic rings. The van der Waals surface area contributed by atoms with Crippen LogP contribution >= 0.6 is 0 Å². The molecule has 1 atom stereocenters. The fourth-order valence-electron chi connectivity index (χ4n) is 1.31. The minimum Gasteiger partial charge on any atom is -0.481 e. The van der Waals surface area contributed by atoms with Gasteiger partial charge in [0, 0.05) is 6.54 Å². The molecule has 0 amide bonds. The number of carbonyl (C=O) groups excluding carboxylic acids is 1. The average Bonchev–Trinajstić information content (AvgIpc) is 2.37. The summed E-state index contributed by atoms with van der Waals surface area (Å²) in [5.74, 6) is -1.02. The second-order valence-electron chi connectivity index (χ2n) is 2.75. The van der Waals surface area contributed by atoms with Crippen molar-refractivity contribution in [3.8, 4) is 0 Å². The van der Waals surface area contributed by atoms with Gasteiger partial charge in [-0.2, -0.15) is 0 Å². The molecule has 0 bridgehead atoms. The predicted octanol–water partition coefficient (Wildman–Crippen LogP) is -0.408. The molecule has 1 fully saturated rings. The summed E-state index contributed by atoms with van der Waals surface area (Å²) in [5, 5.41) is 8.58. The van der Waals surface area contributed by atoms with Gasteiger partial charge in [-0.15, -0.1) is 0 Å². The lowest BCUT2D eigenvalue weighted by Gasteiger charge is -2.09. The molecule has 1 heterocycles. The Hall–Kier alpha value is -0.900. The zero-order valence-corrected chi connectivity index (χ0v) is 6.19. The highest BCUT2D eigenvalue weighted by Crippen LogP contribution is 2.14. The summed E-state index contributed by atoms with van der Waals surface area (Å²) in [5.41, 5.74) is 0. The lowest BCUT2D eigenvalue weighted by atomic mass is 10.1. The van der Waals surface area contributed by atoms with E-state index in [1.54, 1.807) is 0 Å². The highest BCUT2D eigenvalue weighted by Gasteiger charge is 2.27. The molecule has 1 rings (SSSR count). The Morgan fingerprint density at radius 3 is 2.91 bits per heavy atom. The molecule has 1 N–H and O–H groups in total. The largest absolute Gasteiger partial charge is 0.481 e. The number of hydrogen-bond donors (Lipinski definition) is 1. The summed E-state index contributed by atoms with van der Waals surface area (Å²) in [4.78, 5) is 22.3. The van der Waals surface area contributed by atoms with E-state index in [1.165, 1.54) is 0 Å². The van der Waals surface area contributed by atoms with E-state index in [1.807, 2.05) is 4.90 Å². The third-order valence-electron chi connectivity index (χ3n) is 1.95. The fourth-order valence-corrected chi connectivity index (χ4v) is 1.31. The van der Waals surface area contributed by atoms with Gasteiger partial charge in [-0.05, 0) is 13.0 Å². The molecular formula is C7H11NO3. The molecule has 4 heteroatoms. The zero-order valence-electron chi connectivity index (χ0n) is 6.19. The molecule has 0 radical (unpaired) electrons. The molecule has 0 aromatic carbocycles. The molecule has 1 aliphatic rings. The molecule has 0 aliphatic carbocycles. The van der Waals surface area contributed by atoms with Crippen molar-refractivity contribution in [3.63, 3.8) is 0 Å². The van der Waals surface area contributed by atoms with Crippen molar-refractivity contribution < 1.29 is 14.7 Å². The van der Waals surface area contributed by atoms with Crippen molar-refractivity contribution in [2.24, 2.45) is 5.92 Å². The summed E-state index contributed by atoms with van der Waals surface area (Å²) in [6, 6.07) is 0. The molecule has 1 unspecified atom stereocenters. The molecule has 1 aliphatic heterocycles. The molecule has 62 valence electrons. The first kappa shape index (κ1) is 8.20. The average molecular weight is 157 g/mol. The third kappa shape index (κ3) is 2.01. The van der Waals surface area contributed by atoms with E-state index in [2.05, 4.69) is 0 Å². The highest BCUT2D eigenvalue weighted by molar-refractivity contribution is 5.70. The van der Waals surface area contributed by atoms with E-state index in [-0.39, 0.29) is 5.92 Å². The predicted molar refractivity (Wildman–Crippen MR) is 38.2 cm³/mol. The smallest absolute Gasteiger partial charge is 0.307 e. The quantitative estimate of drug-likeness (QED) is 0.566. The maximum atomic E-state index is 10.4. The SMILES string of the molecule is O=CCN1CCC(C(=O)O)C1. The zero-order chi connectivity index (χ0) is 8.27. The van der Waals surface area contributed by atoms with E-state index in [0.29, 0.717) is 19.5 Å². The van der Waals surface area contributed by atoms with Gasteiger partial charge in [-0.3, -0.25) is 9.69 Å². The van der Waals surface area contributed by atoms with Gasteiger partial charge in [-0.1, -0.05) is 0 Å². The minimum atomic E-state index is -0.751. The topological polar surface area (TPSA) is 57.6 Å². The van der Waals surface area contributed by atoms with Crippen molar-refractivity contribution in [3.05, 3.63) is 0 Å². The standard InChI is InChI=1S/C7H11NO3/c9-4-3-8-2-1-6(5-8)7(10)11/h4,6H,1-3,5H2,(H,10,11). The van der Waals surface area contributed by atoms with Crippen molar-refractivity contribution in [1.82, 2.24) is 4.90 Å². The van der Waals surface area contributed by atoms with Crippen LogP contribution < -0.4 is 0 Å². The summed E-state index contributed by atoms with van der Waals surface area (Å²) in [6.45, 7) is 1.62. The van der Waals surface area contributed by atoms with E-state index >= 15 is 0 Å². The van der Waals surface area contributed by atoms with Crippen LogP contribution in [0.5, 0.6) is 0 Å². The van der Waals surface area contributed by atoms with Crippen molar-refractivity contribution in [2.45, 2.75) is 6.42 Å². The van der Waals surface area contributed by atoms with Crippen LogP contribution in [0.3, 0.4) is 0 Å². The minimum absolute atomic E-state index is 0.269. The Labute approximate surface area is 64.8 Å². The van der Waals surface area contributed by atoms with Crippen LogP contribution in [0.2, 0.25) is 0 Å². The van der Waals surface area contributed by atoms with E-state index in [9.17, 15) is 9.59 Å². The van der Waals surface area contributed by atoms with Crippen LogP contribution in [0, 0.1) is 5.92 Å². The third-order valence-corrected chi connectivity index (χ3v) is 1.95. The van der Waals surface area contributed by atoms with Gasteiger partial charge in [0.05, 0.1) is 12.5 Å². The van der Waals surface area contributed by atoms with Crippen LogP contribution in [-0.4, -0.2) is 41.9 Å². The molecule has 11 heavy (non-hydrogen) atoms. The van der Waals surface area contributed by atoms with Gasteiger partial charge in [-0.25, -0.2) is 0 Å². The number of carboxylic acids is 1. The Kier molecular flexibility index (Phi) is 2.59. The summed E-state index contributed by atoms with van der Waals surface area (Å²) in [7, 11) is 0. The van der Waals surface area contributed by atoms with Gasteiger partial charge < -0.3 is 9.90 Å². The molecular weight excluding hydrogens is 146 g/mol.